The molecule has 0 atom stereocenters. The molecule has 0 aliphatic carbocycles. The number of rotatable bonds is 4. The summed E-state index contributed by atoms with van der Waals surface area (Å²) in [5.41, 5.74) is 0.701. The monoisotopic (exact) mass is 286 g/mol. The van der Waals surface area contributed by atoms with Gasteiger partial charge in [0.2, 0.25) is 0 Å². The lowest BCUT2D eigenvalue weighted by molar-refractivity contribution is -0.385. The second kappa shape index (κ2) is 5.83. The smallest absolute Gasteiger partial charge is 0.335 e. The first-order valence-corrected chi connectivity index (χ1v) is 5.82. The second-order valence-corrected chi connectivity index (χ2v) is 4.12. The molecule has 0 aliphatic heterocycles. The molecule has 0 aromatic heterocycles. The SMILES string of the molecule is O=C(O)c1ccc(N=Cc2ccc(O)c([N+](=O)[O-])c2)cc1. The van der Waals surface area contributed by atoms with Gasteiger partial charge in [0.15, 0.2) is 5.75 Å². The van der Waals surface area contributed by atoms with Gasteiger partial charge >= 0.3 is 11.7 Å². The van der Waals surface area contributed by atoms with Crippen LogP contribution in [0.4, 0.5) is 11.4 Å². The third-order valence-electron chi connectivity index (χ3n) is 2.67. The normalized spacial score (nSPS) is 10.7. The van der Waals surface area contributed by atoms with E-state index in [0.717, 1.165) is 0 Å². The molecule has 0 saturated carbocycles. The summed E-state index contributed by atoms with van der Waals surface area (Å²) in [6.07, 6.45) is 1.39. The first-order valence-electron chi connectivity index (χ1n) is 5.82. The van der Waals surface area contributed by atoms with Crippen molar-refractivity contribution in [1.29, 1.82) is 0 Å². The van der Waals surface area contributed by atoms with Crippen molar-refractivity contribution in [3.8, 4) is 5.75 Å². The van der Waals surface area contributed by atoms with Crippen LogP contribution in [0.25, 0.3) is 0 Å². The molecule has 0 spiro atoms. The average molecular weight is 286 g/mol. The van der Waals surface area contributed by atoms with E-state index in [9.17, 15) is 20.0 Å². The zero-order chi connectivity index (χ0) is 15.4. The van der Waals surface area contributed by atoms with Gasteiger partial charge in [-0.3, -0.25) is 15.1 Å². The number of phenolic OH excluding ortho intramolecular Hbond substituents is 1. The molecule has 0 bridgehead atoms. The van der Waals surface area contributed by atoms with Gasteiger partial charge in [-0.1, -0.05) is 0 Å². The summed E-state index contributed by atoms with van der Waals surface area (Å²) in [5.74, 6) is -1.44. The molecule has 106 valence electrons. The Bertz CT molecular complexity index is 723. The molecule has 21 heavy (non-hydrogen) atoms. The maximum absolute atomic E-state index is 10.7. The predicted molar refractivity (Wildman–Crippen MR) is 75.4 cm³/mol. The van der Waals surface area contributed by atoms with Gasteiger partial charge in [0.1, 0.15) is 0 Å². The van der Waals surface area contributed by atoms with E-state index in [4.69, 9.17) is 5.11 Å². The molecular formula is C14H10N2O5. The number of carbonyl (C=O) groups is 1. The zero-order valence-electron chi connectivity index (χ0n) is 10.6. The van der Waals surface area contributed by atoms with E-state index in [0.29, 0.717) is 11.3 Å². The van der Waals surface area contributed by atoms with Crippen molar-refractivity contribution < 1.29 is 19.9 Å². The molecule has 7 nitrogen and oxygen atoms in total. The molecule has 2 aromatic carbocycles. The van der Waals surface area contributed by atoms with Gasteiger partial charge in [-0.2, -0.15) is 0 Å². The summed E-state index contributed by atoms with van der Waals surface area (Å²) < 4.78 is 0. The van der Waals surface area contributed by atoms with E-state index in [1.807, 2.05) is 0 Å². The van der Waals surface area contributed by atoms with Gasteiger partial charge in [-0.15, -0.1) is 0 Å². The first-order chi connectivity index (χ1) is 9.97. The maximum atomic E-state index is 10.7. The molecular weight excluding hydrogens is 276 g/mol. The van der Waals surface area contributed by atoms with Crippen molar-refractivity contribution >= 4 is 23.6 Å². The van der Waals surface area contributed by atoms with Crippen molar-refractivity contribution in [2.24, 2.45) is 4.99 Å². The number of carboxylic acids is 1. The van der Waals surface area contributed by atoms with Gasteiger partial charge < -0.3 is 10.2 Å². The Hall–Kier alpha value is -3.22. The fourth-order valence-corrected chi connectivity index (χ4v) is 1.61. The third-order valence-corrected chi connectivity index (χ3v) is 2.67. The number of carboxylic acid groups (broad SMARTS) is 1. The van der Waals surface area contributed by atoms with Crippen molar-refractivity contribution in [2.45, 2.75) is 0 Å². The standard InChI is InChI=1S/C14H10N2O5/c17-13-6-1-9(7-12(13)16(20)21)8-15-11-4-2-10(3-5-11)14(18)19/h1-8,17H,(H,18,19). The molecule has 0 heterocycles. The Kier molecular flexibility index (Phi) is 3.94. The average Bonchev–Trinajstić information content (AvgIpc) is 2.46. The molecule has 0 radical (unpaired) electrons. The van der Waals surface area contributed by atoms with E-state index in [1.165, 1.54) is 48.7 Å². The number of nitrogens with zero attached hydrogens (tertiary/aromatic N) is 2. The van der Waals surface area contributed by atoms with E-state index in [2.05, 4.69) is 4.99 Å². The Morgan fingerprint density at radius 3 is 2.43 bits per heavy atom. The van der Waals surface area contributed by atoms with Crippen LogP contribution in [0.3, 0.4) is 0 Å². The number of hydrogen-bond donors (Lipinski definition) is 2. The lowest BCUT2D eigenvalue weighted by Gasteiger charge is -1.98. The summed E-state index contributed by atoms with van der Waals surface area (Å²) in [7, 11) is 0. The van der Waals surface area contributed by atoms with Crippen molar-refractivity contribution in [3.05, 3.63) is 63.7 Å². The Labute approximate surface area is 119 Å². The van der Waals surface area contributed by atoms with E-state index < -0.39 is 22.3 Å². The molecule has 7 heteroatoms. The highest BCUT2D eigenvalue weighted by Gasteiger charge is 2.12. The van der Waals surface area contributed by atoms with Crippen LogP contribution in [0.2, 0.25) is 0 Å². The van der Waals surface area contributed by atoms with Crippen LogP contribution < -0.4 is 0 Å². The lowest BCUT2D eigenvalue weighted by Crippen LogP contribution is -1.94. The molecule has 0 amide bonds. The van der Waals surface area contributed by atoms with Crippen LogP contribution in [-0.2, 0) is 0 Å². The lowest BCUT2D eigenvalue weighted by atomic mass is 10.2. The minimum Gasteiger partial charge on any atom is -0.502 e. The van der Waals surface area contributed by atoms with Crippen molar-refractivity contribution in [2.75, 3.05) is 0 Å². The number of aromatic carboxylic acids is 1. The van der Waals surface area contributed by atoms with Crippen LogP contribution in [0.1, 0.15) is 15.9 Å². The number of aliphatic imine (C=N–C) groups is 1. The van der Waals surface area contributed by atoms with Gasteiger partial charge in [0, 0.05) is 12.3 Å². The number of aromatic hydroxyl groups is 1. The summed E-state index contributed by atoms with van der Waals surface area (Å²) in [5, 5.41) is 28.8. The van der Waals surface area contributed by atoms with Crippen LogP contribution in [0, 0.1) is 10.1 Å². The Morgan fingerprint density at radius 1 is 1.19 bits per heavy atom. The first kappa shape index (κ1) is 14.2. The quantitative estimate of drug-likeness (QED) is 0.509. The molecule has 2 aromatic rings. The highest BCUT2D eigenvalue weighted by Crippen LogP contribution is 2.25. The van der Waals surface area contributed by atoms with Crippen LogP contribution >= 0.6 is 0 Å². The highest BCUT2D eigenvalue weighted by molar-refractivity contribution is 5.88. The summed E-state index contributed by atoms with van der Waals surface area (Å²) in [6, 6.07) is 9.76. The van der Waals surface area contributed by atoms with E-state index in [1.54, 1.807) is 0 Å². The summed E-state index contributed by atoms with van der Waals surface area (Å²) >= 11 is 0. The van der Waals surface area contributed by atoms with Crippen LogP contribution in [0.15, 0.2) is 47.5 Å². The molecule has 0 aliphatic rings. The number of phenols is 1. The third kappa shape index (κ3) is 3.41. The van der Waals surface area contributed by atoms with Crippen LogP contribution in [0.5, 0.6) is 5.75 Å². The zero-order valence-corrected chi connectivity index (χ0v) is 10.6. The number of nitro benzene ring substituents is 1. The van der Waals surface area contributed by atoms with E-state index in [-0.39, 0.29) is 5.56 Å². The number of benzene rings is 2. The van der Waals surface area contributed by atoms with Gasteiger partial charge in [0.25, 0.3) is 0 Å². The number of nitro groups is 1. The fraction of sp³-hybridized carbons (Fsp3) is 0. The second-order valence-electron chi connectivity index (χ2n) is 4.12. The predicted octanol–water partition coefficient (Wildman–Crippen LogP) is 2.75. The Balaban J connectivity index is 2.23. The molecule has 0 unspecified atom stereocenters. The molecule has 2 N–H and O–H groups in total. The van der Waals surface area contributed by atoms with E-state index >= 15 is 0 Å². The fourth-order valence-electron chi connectivity index (χ4n) is 1.61. The summed E-state index contributed by atoms with van der Waals surface area (Å²) in [6.45, 7) is 0. The minimum absolute atomic E-state index is 0.147. The van der Waals surface area contributed by atoms with Gasteiger partial charge in [-0.25, -0.2) is 4.79 Å². The molecule has 0 saturated heterocycles. The largest absolute Gasteiger partial charge is 0.502 e. The molecule has 2 rings (SSSR count). The highest BCUT2D eigenvalue weighted by atomic mass is 16.6. The maximum Gasteiger partial charge on any atom is 0.335 e. The van der Waals surface area contributed by atoms with Gasteiger partial charge in [0.05, 0.1) is 16.2 Å². The Morgan fingerprint density at radius 2 is 1.86 bits per heavy atom. The summed E-state index contributed by atoms with van der Waals surface area (Å²) in [4.78, 5) is 24.8. The van der Waals surface area contributed by atoms with Crippen molar-refractivity contribution in [3.63, 3.8) is 0 Å². The molecule has 0 fully saturated rings. The topological polar surface area (TPSA) is 113 Å². The van der Waals surface area contributed by atoms with Gasteiger partial charge in [-0.05, 0) is 42.0 Å². The number of hydrogen-bond acceptors (Lipinski definition) is 5. The van der Waals surface area contributed by atoms with Crippen LogP contribution in [-0.4, -0.2) is 27.3 Å². The minimum atomic E-state index is -1.03. The van der Waals surface area contributed by atoms with Crippen molar-refractivity contribution in [1.82, 2.24) is 0 Å².